The number of benzene rings is 2. The smallest absolute Gasteiger partial charge is 0.258 e. The SMILES string of the molecule is Cc1cc(Cl)cc(C(=O)N(C)c2cccc(C(N)=S)c2)c1. The predicted molar refractivity (Wildman–Crippen MR) is 91.3 cm³/mol. The van der Waals surface area contributed by atoms with E-state index >= 15 is 0 Å². The van der Waals surface area contributed by atoms with Gasteiger partial charge in [0.05, 0.1) is 0 Å². The average molecular weight is 319 g/mol. The van der Waals surface area contributed by atoms with Crippen molar-refractivity contribution in [2.75, 3.05) is 11.9 Å². The third-order valence-electron chi connectivity index (χ3n) is 3.11. The van der Waals surface area contributed by atoms with Crippen molar-refractivity contribution in [3.63, 3.8) is 0 Å². The van der Waals surface area contributed by atoms with Crippen LogP contribution in [0, 0.1) is 6.92 Å². The van der Waals surface area contributed by atoms with Crippen molar-refractivity contribution >= 4 is 40.4 Å². The molecule has 0 aliphatic heterocycles. The molecule has 0 unspecified atom stereocenters. The average Bonchev–Trinajstić information content (AvgIpc) is 2.44. The van der Waals surface area contributed by atoms with Crippen molar-refractivity contribution < 1.29 is 4.79 Å². The van der Waals surface area contributed by atoms with E-state index < -0.39 is 0 Å². The summed E-state index contributed by atoms with van der Waals surface area (Å²) in [6, 6.07) is 12.5. The van der Waals surface area contributed by atoms with Crippen LogP contribution in [-0.2, 0) is 0 Å². The first kappa shape index (κ1) is 15.5. The fourth-order valence-corrected chi connectivity index (χ4v) is 2.46. The number of carbonyl (C=O) groups is 1. The Hall–Kier alpha value is -1.91. The number of carbonyl (C=O) groups excluding carboxylic acids is 1. The highest BCUT2D eigenvalue weighted by Crippen LogP contribution is 2.20. The Kier molecular flexibility index (Phi) is 4.60. The molecule has 0 saturated heterocycles. The van der Waals surface area contributed by atoms with Gasteiger partial charge in [0.1, 0.15) is 4.99 Å². The predicted octanol–water partition coefficient (Wildman–Crippen LogP) is 3.56. The van der Waals surface area contributed by atoms with Crippen molar-refractivity contribution in [2.45, 2.75) is 6.92 Å². The standard InChI is InChI=1S/C16H15ClN2OS/c1-10-6-12(8-13(17)7-10)16(20)19(2)14-5-3-4-11(9-14)15(18)21/h3-9H,1-2H3,(H2,18,21). The normalized spacial score (nSPS) is 10.2. The molecule has 0 heterocycles. The van der Waals surface area contributed by atoms with E-state index in [1.165, 1.54) is 0 Å². The van der Waals surface area contributed by atoms with E-state index in [0.29, 0.717) is 15.6 Å². The minimum Gasteiger partial charge on any atom is -0.389 e. The molecule has 2 aromatic rings. The molecule has 0 spiro atoms. The molecule has 0 saturated carbocycles. The fraction of sp³-hybridized carbons (Fsp3) is 0.125. The van der Waals surface area contributed by atoms with Gasteiger partial charge in [-0.05, 0) is 42.8 Å². The molecule has 2 rings (SSSR count). The summed E-state index contributed by atoms with van der Waals surface area (Å²) in [6.45, 7) is 1.90. The fourth-order valence-electron chi connectivity index (χ4n) is 2.04. The first-order valence-electron chi connectivity index (χ1n) is 6.33. The van der Waals surface area contributed by atoms with Crippen LogP contribution in [0.4, 0.5) is 5.69 Å². The molecule has 0 atom stereocenters. The summed E-state index contributed by atoms with van der Waals surface area (Å²) in [5, 5.41) is 0.545. The van der Waals surface area contributed by atoms with Gasteiger partial charge in [-0.25, -0.2) is 0 Å². The Balaban J connectivity index is 2.34. The first-order valence-corrected chi connectivity index (χ1v) is 7.12. The molecule has 108 valence electrons. The van der Waals surface area contributed by atoms with Crippen LogP contribution in [0.2, 0.25) is 5.02 Å². The summed E-state index contributed by atoms with van der Waals surface area (Å²) in [4.78, 5) is 14.4. The number of nitrogens with two attached hydrogens (primary N) is 1. The molecule has 5 heteroatoms. The van der Waals surface area contributed by atoms with Gasteiger partial charge < -0.3 is 10.6 Å². The Morgan fingerprint density at radius 2 is 1.90 bits per heavy atom. The molecule has 0 fully saturated rings. The van der Waals surface area contributed by atoms with Crippen molar-refractivity contribution in [1.82, 2.24) is 0 Å². The van der Waals surface area contributed by atoms with Crippen LogP contribution in [0.5, 0.6) is 0 Å². The summed E-state index contributed by atoms with van der Waals surface area (Å²) in [5.74, 6) is -0.138. The lowest BCUT2D eigenvalue weighted by Gasteiger charge is -2.18. The number of amides is 1. The lowest BCUT2D eigenvalue weighted by Crippen LogP contribution is -2.26. The third-order valence-corrected chi connectivity index (χ3v) is 3.57. The minimum atomic E-state index is -0.138. The van der Waals surface area contributed by atoms with Crippen LogP contribution >= 0.6 is 23.8 Å². The molecule has 2 N–H and O–H groups in total. The second-order valence-electron chi connectivity index (χ2n) is 4.80. The zero-order valence-corrected chi connectivity index (χ0v) is 13.3. The number of hydrogen-bond donors (Lipinski definition) is 1. The molecule has 0 aliphatic carbocycles. The summed E-state index contributed by atoms with van der Waals surface area (Å²) >= 11 is 11.0. The van der Waals surface area contributed by atoms with Gasteiger partial charge in [-0.3, -0.25) is 4.79 Å². The van der Waals surface area contributed by atoms with Gasteiger partial charge in [0.2, 0.25) is 0 Å². The van der Waals surface area contributed by atoms with Crippen LogP contribution in [0.3, 0.4) is 0 Å². The molecule has 2 aromatic carbocycles. The summed E-state index contributed by atoms with van der Waals surface area (Å²) in [6.07, 6.45) is 0. The number of thiocarbonyl (C=S) groups is 1. The lowest BCUT2D eigenvalue weighted by atomic mass is 10.1. The van der Waals surface area contributed by atoms with Crippen LogP contribution in [0.1, 0.15) is 21.5 Å². The van der Waals surface area contributed by atoms with E-state index in [-0.39, 0.29) is 5.91 Å². The quantitative estimate of drug-likeness (QED) is 0.880. The highest BCUT2D eigenvalue weighted by Gasteiger charge is 2.15. The highest BCUT2D eigenvalue weighted by atomic mass is 35.5. The molecular weight excluding hydrogens is 304 g/mol. The van der Waals surface area contributed by atoms with Gasteiger partial charge >= 0.3 is 0 Å². The number of hydrogen-bond acceptors (Lipinski definition) is 2. The maximum atomic E-state index is 12.5. The van der Waals surface area contributed by atoms with Crippen molar-refractivity contribution in [3.8, 4) is 0 Å². The second-order valence-corrected chi connectivity index (χ2v) is 5.67. The van der Waals surface area contributed by atoms with Crippen molar-refractivity contribution in [1.29, 1.82) is 0 Å². The van der Waals surface area contributed by atoms with Gasteiger partial charge in [-0.15, -0.1) is 0 Å². The monoisotopic (exact) mass is 318 g/mol. The number of halogens is 1. The van der Waals surface area contributed by atoms with Gasteiger partial charge in [0.25, 0.3) is 5.91 Å². The molecular formula is C16H15ClN2OS. The van der Waals surface area contributed by atoms with E-state index in [1.54, 1.807) is 24.1 Å². The molecule has 3 nitrogen and oxygen atoms in total. The van der Waals surface area contributed by atoms with E-state index in [9.17, 15) is 4.79 Å². The van der Waals surface area contributed by atoms with Crippen LogP contribution < -0.4 is 10.6 Å². The van der Waals surface area contributed by atoms with Crippen LogP contribution in [0.25, 0.3) is 0 Å². The molecule has 0 aromatic heterocycles. The minimum absolute atomic E-state index is 0.138. The largest absolute Gasteiger partial charge is 0.389 e. The van der Waals surface area contributed by atoms with Gasteiger partial charge in [-0.2, -0.15) is 0 Å². The summed E-state index contributed by atoms with van der Waals surface area (Å²) in [7, 11) is 1.71. The topological polar surface area (TPSA) is 46.3 Å². The Morgan fingerprint density at radius 3 is 2.52 bits per heavy atom. The van der Waals surface area contributed by atoms with E-state index in [1.807, 2.05) is 37.3 Å². The van der Waals surface area contributed by atoms with Gasteiger partial charge in [-0.1, -0.05) is 36.0 Å². The van der Waals surface area contributed by atoms with Gasteiger partial charge in [0, 0.05) is 28.9 Å². The lowest BCUT2D eigenvalue weighted by molar-refractivity contribution is 0.0993. The Morgan fingerprint density at radius 1 is 1.19 bits per heavy atom. The number of nitrogens with zero attached hydrogens (tertiary/aromatic N) is 1. The number of aryl methyl sites for hydroxylation is 1. The second kappa shape index (κ2) is 6.24. The van der Waals surface area contributed by atoms with Crippen molar-refractivity contribution in [2.24, 2.45) is 5.73 Å². The third kappa shape index (κ3) is 3.60. The number of rotatable bonds is 3. The zero-order chi connectivity index (χ0) is 15.6. The number of anilines is 1. The van der Waals surface area contributed by atoms with Crippen LogP contribution in [-0.4, -0.2) is 17.9 Å². The van der Waals surface area contributed by atoms with E-state index in [2.05, 4.69) is 0 Å². The van der Waals surface area contributed by atoms with E-state index in [4.69, 9.17) is 29.6 Å². The first-order chi connectivity index (χ1) is 9.88. The maximum Gasteiger partial charge on any atom is 0.258 e. The molecule has 21 heavy (non-hydrogen) atoms. The van der Waals surface area contributed by atoms with Gasteiger partial charge in [0.15, 0.2) is 0 Å². The Bertz CT molecular complexity index is 695. The van der Waals surface area contributed by atoms with E-state index in [0.717, 1.165) is 16.8 Å². The zero-order valence-electron chi connectivity index (χ0n) is 11.8. The molecule has 1 amide bonds. The maximum absolute atomic E-state index is 12.5. The highest BCUT2D eigenvalue weighted by molar-refractivity contribution is 7.80. The van der Waals surface area contributed by atoms with Crippen molar-refractivity contribution in [3.05, 3.63) is 64.2 Å². The summed E-state index contributed by atoms with van der Waals surface area (Å²) in [5.41, 5.74) is 8.56. The summed E-state index contributed by atoms with van der Waals surface area (Å²) < 4.78 is 0. The molecule has 0 bridgehead atoms. The Labute approximate surface area is 134 Å². The molecule has 0 radical (unpaired) electrons. The molecule has 0 aliphatic rings. The van der Waals surface area contributed by atoms with Crippen LogP contribution in [0.15, 0.2) is 42.5 Å².